The first-order valence-electron chi connectivity index (χ1n) is 5.82. The third-order valence-corrected chi connectivity index (χ3v) is 2.79. The van der Waals surface area contributed by atoms with Gasteiger partial charge in [0, 0.05) is 6.54 Å². The molecule has 0 amide bonds. The highest BCUT2D eigenvalue weighted by Crippen LogP contribution is 2.16. The van der Waals surface area contributed by atoms with E-state index in [1.807, 2.05) is 18.2 Å². The van der Waals surface area contributed by atoms with Crippen LogP contribution in [0.5, 0.6) is 0 Å². The van der Waals surface area contributed by atoms with E-state index in [-0.39, 0.29) is 0 Å². The zero-order valence-corrected chi connectivity index (χ0v) is 10.2. The Morgan fingerprint density at radius 2 is 2.06 bits per heavy atom. The molecule has 1 heterocycles. The summed E-state index contributed by atoms with van der Waals surface area (Å²) >= 11 is 0. The van der Waals surface area contributed by atoms with E-state index >= 15 is 0 Å². The number of nitrogens with zero attached hydrogens (tertiary/aromatic N) is 3. The molecule has 4 nitrogen and oxygen atoms in total. The van der Waals surface area contributed by atoms with Gasteiger partial charge in [-0.15, -0.1) is 5.10 Å². The topological polar surface area (TPSA) is 61.6 Å². The summed E-state index contributed by atoms with van der Waals surface area (Å²) in [6.07, 6.45) is 1.52. The second-order valence-corrected chi connectivity index (χ2v) is 4.10. The fourth-order valence-electron chi connectivity index (χ4n) is 1.70. The fraction of sp³-hybridized carbons (Fsp3) is 0.214. The van der Waals surface area contributed by atoms with E-state index in [2.05, 4.69) is 40.6 Å². The summed E-state index contributed by atoms with van der Waals surface area (Å²) in [4.78, 5) is 0. The predicted molar refractivity (Wildman–Crippen MR) is 70.1 cm³/mol. The van der Waals surface area contributed by atoms with Crippen molar-refractivity contribution in [3.8, 4) is 6.07 Å². The van der Waals surface area contributed by atoms with Crippen LogP contribution in [0.1, 0.15) is 24.0 Å². The van der Waals surface area contributed by atoms with Gasteiger partial charge in [0.05, 0.1) is 11.8 Å². The van der Waals surface area contributed by atoms with E-state index in [0.717, 1.165) is 6.54 Å². The van der Waals surface area contributed by atoms with E-state index < -0.39 is 0 Å². The van der Waals surface area contributed by atoms with Gasteiger partial charge in [0.1, 0.15) is 6.07 Å². The number of benzene rings is 1. The van der Waals surface area contributed by atoms with Crippen LogP contribution in [0.25, 0.3) is 0 Å². The van der Waals surface area contributed by atoms with Crippen LogP contribution in [-0.2, 0) is 0 Å². The lowest BCUT2D eigenvalue weighted by molar-refractivity contribution is 0.797. The molecule has 0 fully saturated rings. The lowest BCUT2D eigenvalue weighted by Crippen LogP contribution is -2.12. The average Bonchev–Trinajstić information content (AvgIpc) is 2.46. The van der Waals surface area contributed by atoms with Crippen LogP contribution in [0.4, 0.5) is 5.82 Å². The molecule has 0 aliphatic rings. The molecule has 18 heavy (non-hydrogen) atoms. The molecule has 1 unspecified atom stereocenters. The zero-order chi connectivity index (χ0) is 12.8. The summed E-state index contributed by atoms with van der Waals surface area (Å²) in [7, 11) is 0. The number of hydrogen-bond donors (Lipinski definition) is 1. The molecule has 0 radical (unpaired) electrons. The van der Waals surface area contributed by atoms with Gasteiger partial charge in [0.15, 0.2) is 5.82 Å². The second-order valence-electron chi connectivity index (χ2n) is 4.10. The summed E-state index contributed by atoms with van der Waals surface area (Å²) in [5, 5.41) is 19.8. The number of aromatic nitrogens is 2. The van der Waals surface area contributed by atoms with E-state index in [1.54, 1.807) is 6.07 Å². The normalized spacial score (nSPS) is 11.6. The van der Waals surface area contributed by atoms with Crippen LogP contribution in [0.3, 0.4) is 0 Å². The molecule has 1 aromatic carbocycles. The summed E-state index contributed by atoms with van der Waals surface area (Å²) in [5.74, 6) is 0.891. The Balaban J connectivity index is 2.02. The molecule has 4 heteroatoms. The van der Waals surface area contributed by atoms with Crippen molar-refractivity contribution in [1.29, 1.82) is 5.26 Å². The molecule has 0 saturated carbocycles. The molecule has 90 valence electrons. The summed E-state index contributed by atoms with van der Waals surface area (Å²) < 4.78 is 0. The van der Waals surface area contributed by atoms with Gasteiger partial charge in [-0.25, -0.2) is 0 Å². The number of anilines is 1. The molecule has 0 aliphatic heterocycles. The number of nitriles is 1. The molecule has 0 saturated heterocycles. The molecule has 1 atom stereocenters. The first-order valence-corrected chi connectivity index (χ1v) is 5.82. The quantitative estimate of drug-likeness (QED) is 0.889. The van der Waals surface area contributed by atoms with Gasteiger partial charge in [-0.3, -0.25) is 0 Å². The van der Waals surface area contributed by atoms with Gasteiger partial charge in [-0.1, -0.05) is 37.3 Å². The van der Waals surface area contributed by atoms with Crippen LogP contribution in [0, 0.1) is 11.3 Å². The van der Waals surface area contributed by atoms with Crippen LogP contribution in [-0.4, -0.2) is 16.7 Å². The van der Waals surface area contributed by atoms with Crippen molar-refractivity contribution in [3.63, 3.8) is 0 Å². The Morgan fingerprint density at radius 1 is 1.28 bits per heavy atom. The molecule has 0 spiro atoms. The number of nitrogens with one attached hydrogen (secondary N) is 1. The fourth-order valence-corrected chi connectivity index (χ4v) is 1.70. The third-order valence-electron chi connectivity index (χ3n) is 2.79. The molecule has 0 aliphatic carbocycles. The largest absolute Gasteiger partial charge is 0.367 e. The monoisotopic (exact) mass is 238 g/mol. The molecule has 2 rings (SSSR count). The van der Waals surface area contributed by atoms with E-state index in [1.165, 1.54) is 11.8 Å². The van der Waals surface area contributed by atoms with Crippen molar-refractivity contribution >= 4 is 5.82 Å². The Kier molecular flexibility index (Phi) is 3.87. The maximum Gasteiger partial charge on any atom is 0.166 e. The van der Waals surface area contributed by atoms with Crippen molar-refractivity contribution in [2.24, 2.45) is 0 Å². The minimum atomic E-state index is 0.347. The lowest BCUT2D eigenvalue weighted by Gasteiger charge is -2.13. The van der Waals surface area contributed by atoms with Crippen molar-refractivity contribution in [1.82, 2.24) is 10.2 Å². The molecular formula is C14H14N4. The molecule has 0 bridgehead atoms. The van der Waals surface area contributed by atoms with E-state index in [0.29, 0.717) is 17.3 Å². The Morgan fingerprint density at radius 3 is 2.78 bits per heavy atom. The van der Waals surface area contributed by atoms with Crippen LogP contribution in [0.2, 0.25) is 0 Å². The Hall–Kier alpha value is -2.41. The van der Waals surface area contributed by atoms with Gasteiger partial charge in [-0.05, 0) is 17.5 Å². The molecular weight excluding hydrogens is 224 g/mol. The maximum atomic E-state index is 8.94. The van der Waals surface area contributed by atoms with Crippen molar-refractivity contribution < 1.29 is 0 Å². The van der Waals surface area contributed by atoms with E-state index in [9.17, 15) is 0 Å². The van der Waals surface area contributed by atoms with Crippen LogP contribution in [0.15, 0.2) is 42.6 Å². The predicted octanol–water partition coefficient (Wildman–Crippen LogP) is 2.56. The van der Waals surface area contributed by atoms with Gasteiger partial charge in [-0.2, -0.15) is 10.4 Å². The molecule has 1 N–H and O–H groups in total. The second kappa shape index (κ2) is 5.78. The van der Waals surface area contributed by atoms with Crippen molar-refractivity contribution in [3.05, 3.63) is 53.7 Å². The highest BCUT2D eigenvalue weighted by Gasteiger charge is 2.07. The Labute approximate surface area is 106 Å². The van der Waals surface area contributed by atoms with Gasteiger partial charge in [0.25, 0.3) is 0 Å². The number of hydrogen-bond acceptors (Lipinski definition) is 4. The van der Waals surface area contributed by atoms with E-state index in [4.69, 9.17) is 5.26 Å². The maximum absolute atomic E-state index is 8.94. The molecule has 1 aromatic heterocycles. The first-order chi connectivity index (χ1) is 8.81. The minimum Gasteiger partial charge on any atom is -0.367 e. The van der Waals surface area contributed by atoms with Crippen molar-refractivity contribution in [2.75, 3.05) is 11.9 Å². The Bertz CT molecular complexity index is 545. The summed E-state index contributed by atoms with van der Waals surface area (Å²) in [6, 6.07) is 14.0. The van der Waals surface area contributed by atoms with Crippen LogP contribution >= 0.6 is 0 Å². The highest BCUT2D eigenvalue weighted by atomic mass is 15.2. The smallest absolute Gasteiger partial charge is 0.166 e. The third kappa shape index (κ3) is 2.83. The lowest BCUT2D eigenvalue weighted by atomic mass is 10.0. The summed E-state index contributed by atoms with van der Waals surface area (Å²) in [6.45, 7) is 2.85. The summed E-state index contributed by atoms with van der Waals surface area (Å²) in [5.41, 5.74) is 1.78. The van der Waals surface area contributed by atoms with Gasteiger partial charge < -0.3 is 5.32 Å². The zero-order valence-electron chi connectivity index (χ0n) is 10.2. The standard InChI is InChI=1S/C14H14N4/c1-11(12-5-3-2-4-6-12)10-16-14-13(9-15)7-8-17-18-14/h2-8,11H,10H2,1H3,(H,16,18). The van der Waals surface area contributed by atoms with Crippen molar-refractivity contribution in [2.45, 2.75) is 12.8 Å². The minimum absolute atomic E-state index is 0.347. The first kappa shape index (κ1) is 12.1. The van der Waals surface area contributed by atoms with Crippen LogP contribution < -0.4 is 5.32 Å². The SMILES string of the molecule is CC(CNc1nnccc1C#N)c1ccccc1. The van der Waals surface area contributed by atoms with Gasteiger partial charge in [0.2, 0.25) is 0 Å². The number of rotatable bonds is 4. The highest BCUT2D eigenvalue weighted by molar-refractivity contribution is 5.50. The molecule has 2 aromatic rings. The van der Waals surface area contributed by atoms with Gasteiger partial charge >= 0.3 is 0 Å². The average molecular weight is 238 g/mol.